The summed E-state index contributed by atoms with van der Waals surface area (Å²) in [6.07, 6.45) is 2.12. The van der Waals surface area contributed by atoms with Crippen molar-refractivity contribution in [1.82, 2.24) is 0 Å². The Balaban J connectivity index is -0.0000000130. The van der Waals surface area contributed by atoms with E-state index in [9.17, 15) is 0 Å². The van der Waals surface area contributed by atoms with E-state index in [1.54, 1.807) is 0 Å². The molecule has 0 aliphatic carbocycles. The first-order valence-corrected chi connectivity index (χ1v) is 4.11. The van der Waals surface area contributed by atoms with Gasteiger partial charge in [0.1, 0.15) is 0 Å². The molecule has 0 bridgehead atoms. The van der Waals surface area contributed by atoms with Gasteiger partial charge in [0.05, 0.1) is 0 Å². The zero-order valence-corrected chi connectivity index (χ0v) is 11.0. The van der Waals surface area contributed by atoms with Gasteiger partial charge in [0.15, 0.2) is 0 Å². The minimum absolute atomic E-state index is 0. The molecule has 16 heavy (non-hydrogen) atoms. The van der Waals surface area contributed by atoms with Crippen molar-refractivity contribution >= 4 is 17.6 Å². The molecule has 0 aromatic carbocycles. The summed E-state index contributed by atoms with van der Waals surface area (Å²) in [5.74, 6) is 0.801. The van der Waals surface area contributed by atoms with Crippen LogP contribution in [-0.4, -0.2) is 12.2 Å². The van der Waals surface area contributed by atoms with Crippen LogP contribution in [-0.2, 0) is 40.6 Å². The standard InChI is InChI=1S/C3H9BS.5CO.Cr/c1-4(2)5-3;5*1-2;/h1-3H3;;;;;;. The van der Waals surface area contributed by atoms with Crippen LogP contribution in [0, 0.1) is 33.3 Å². The maximum atomic E-state index is 7.50. The number of hydrogen-bond donors (Lipinski definition) is 0. The molecule has 0 aromatic rings. The van der Waals surface area contributed by atoms with Crippen molar-refractivity contribution in [2.24, 2.45) is 0 Å². The van der Waals surface area contributed by atoms with Crippen LogP contribution in [0.5, 0.6) is 0 Å². The molecule has 0 rings (SSSR count). The first-order chi connectivity index (χ1) is 7.27. The fraction of sp³-hybridized carbons (Fsp3) is 0.375. The van der Waals surface area contributed by atoms with E-state index in [0.717, 1.165) is 5.99 Å². The minimum atomic E-state index is 0. The van der Waals surface area contributed by atoms with Gasteiger partial charge in [-0.25, -0.2) is 11.6 Å². The van der Waals surface area contributed by atoms with Gasteiger partial charge in [-0.3, -0.25) is 0 Å². The number of hydrogen-bond acceptors (Lipinski definition) is 1. The molecule has 0 atom stereocenters. The zero-order chi connectivity index (χ0) is 14.3. The molecule has 0 unspecified atom stereocenters. The Labute approximate surface area is 111 Å². The van der Waals surface area contributed by atoms with Crippen molar-refractivity contribution in [3.63, 3.8) is 0 Å². The van der Waals surface area contributed by atoms with Crippen molar-refractivity contribution in [1.29, 1.82) is 0 Å². The van der Waals surface area contributed by atoms with Gasteiger partial charge in [-0.2, -0.15) is 0 Å². The van der Waals surface area contributed by atoms with Gasteiger partial charge in [0.2, 0.25) is 5.99 Å². The smallest absolute Gasteiger partial charge is 0 e. The van der Waals surface area contributed by atoms with E-state index >= 15 is 0 Å². The van der Waals surface area contributed by atoms with Gasteiger partial charge in [-0.05, 0) is 6.26 Å². The van der Waals surface area contributed by atoms with Crippen LogP contribution in [0.25, 0.3) is 0 Å². The minimum Gasteiger partial charge on any atom is 0 e. The number of rotatable bonds is 1. The molecule has 0 N–H and O–H groups in total. The second kappa shape index (κ2) is 205. The molecule has 86 valence electrons. The molecule has 0 fully saturated rings. The summed E-state index contributed by atoms with van der Waals surface area (Å²) < 4.78 is 37.5. The molecular formula is C8H9BCrO5S. The second-order valence-electron chi connectivity index (χ2n) is 1.28. The molecule has 0 heterocycles. The molecule has 0 saturated carbocycles. The first-order valence-electron chi connectivity index (χ1n) is 2.82. The van der Waals surface area contributed by atoms with E-state index in [1.807, 2.05) is 11.6 Å². The fourth-order valence-electron chi connectivity index (χ4n) is 0. The Kier molecular flexibility index (Phi) is 575. The summed E-state index contributed by atoms with van der Waals surface area (Å²) in [6, 6.07) is 0. The van der Waals surface area contributed by atoms with Crippen LogP contribution in [0.15, 0.2) is 0 Å². The van der Waals surface area contributed by atoms with Crippen molar-refractivity contribution in [2.75, 3.05) is 6.26 Å². The van der Waals surface area contributed by atoms with E-state index in [4.69, 9.17) is 23.3 Å². The summed E-state index contributed by atoms with van der Waals surface area (Å²) in [5, 5.41) is 0. The molecular weight excluding hydrogens is 271 g/mol. The van der Waals surface area contributed by atoms with Gasteiger partial charge in [0, 0.05) is 17.4 Å². The van der Waals surface area contributed by atoms with Crippen LogP contribution >= 0.6 is 11.6 Å². The molecule has 0 saturated heterocycles. The molecule has 0 aliphatic rings. The predicted molar refractivity (Wildman–Crippen MR) is 50.6 cm³/mol. The third kappa shape index (κ3) is 804. The molecule has 0 spiro atoms. The fourth-order valence-corrected chi connectivity index (χ4v) is 0. The van der Waals surface area contributed by atoms with Crippen LogP contribution in [0.2, 0.25) is 13.6 Å². The van der Waals surface area contributed by atoms with Gasteiger partial charge in [-0.15, -0.1) is 0 Å². The Hall–Kier alpha value is -0.353. The average molecular weight is 280 g/mol. The van der Waals surface area contributed by atoms with E-state index in [0.29, 0.717) is 0 Å². The Bertz CT molecular complexity index is 129. The summed E-state index contributed by atoms with van der Waals surface area (Å²) in [6.45, 7) is 26.9. The van der Waals surface area contributed by atoms with Gasteiger partial charge in [-0.1, -0.05) is 13.6 Å². The van der Waals surface area contributed by atoms with Gasteiger partial charge >= 0.3 is 56.5 Å². The molecule has 0 amide bonds. The first kappa shape index (κ1) is 44.9. The maximum absolute atomic E-state index is 7.50. The van der Waals surface area contributed by atoms with Crippen LogP contribution in [0.3, 0.4) is 0 Å². The quantitative estimate of drug-likeness (QED) is 0.405. The molecule has 0 radical (unpaired) electrons. The van der Waals surface area contributed by atoms with Crippen LogP contribution in [0.1, 0.15) is 0 Å². The summed E-state index contributed by atoms with van der Waals surface area (Å²) in [7, 11) is 0. The van der Waals surface area contributed by atoms with Crippen molar-refractivity contribution < 1.29 is 40.6 Å². The molecule has 8 heteroatoms. The Morgan fingerprint density at radius 2 is 0.750 bits per heavy atom. The van der Waals surface area contributed by atoms with E-state index in [-0.39, 0.29) is 17.4 Å². The zero-order valence-electron chi connectivity index (χ0n) is 8.94. The van der Waals surface area contributed by atoms with E-state index < -0.39 is 0 Å². The van der Waals surface area contributed by atoms with Crippen LogP contribution in [0.4, 0.5) is 0 Å². The topological polar surface area (TPSA) is 99.5 Å². The average Bonchev–Trinajstić information content (AvgIpc) is 2.41. The summed E-state index contributed by atoms with van der Waals surface area (Å²) >= 11 is 1.88. The Morgan fingerprint density at radius 3 is 0.750 bits per heavy atom. The SMILES string of the molecule is CSB(C)C.[C-]#[O+].[C-]#[O+].[C-]#[O+].[C-]#[O+].[C-]#[O+].[Cr]. The third-order valence-electron chi connectivity index (χ3n) is 0.471. The van der Waals surface area contributed by atoms with E-state index in [2.05, 4.69) is 53.2 Å². The van der Waals surface area contributed by atoms with Gasteiger partial charge in [0.25, 0.3) is 0 Å². The van der Waals surface area contributed by atoms with Gasteiger partial charge < -0.3 is 0 Å². The largest absolute Gasteiger partial charge is 0 e. The third-order valence-corrected chi connectivity index (χ3v) is 1.41. The molecule has 0 aliphatic heterocycles. The normalized spacial score (nSPS) is 3.06. The molecule has 0 aromatic heterocycles. The summed E-state index contributed by atoms with van der Waals surface area (Å²) in [4.78, 5) is 0. The Morgan fingerprint density at radius 1 is 0.688 bits per heavy atom. The monoisotopic (exact) mass is 280 g/mol. The van der Waals surface area contributed by atoms with Crippen LogP contribution < -0.4 is 0 Å². The van der Waals surface area contributed by atoms with Crippen molar-refractivity contribution in [3.8, 4) is 0 Å². The maximum Gasteiger partial charge on any atom is 0 e. The second-order valence-corrected chi connectivity index (χ2v) is 2.70. The van der Waals surface area contributed by atoms with E-state index in [1.165, 1.54) is 0 Å². The summed E-state index contributed by atoms with van der Waals surface area (Å²) in [5.41, 5.74) is 0. The predicted octanol–water partition coefficient (Wildman–Crippen LogP) is 1.41. The van der Waals surface area contributed by atoms with Crippen molar-refractivity contribution in [3.05, 3.63) is 33.3 Å². The van der Waals surface area contributed by atoms with Crippen molar-refractivity contribution in [2.45, 2.75) is 13.6 Å². The molecule has 5 nitrogen and oxygen atoms in total.